The second kappa shape index (κ2) is 10.2. The van der Waals surface area contributed by atoms with E-state index in [2.05, 4.69) is 5.32 Å². The Morgan fingerprint density at radius 2 is 1.74 bits per heavy atom. The summed E-state index contributed by atoms with van der Waals surface area (Å²) in [6.07, 6.45) is 1.73. The van der Waals surface area contributed by atoms with Crippen LogP contribution in [-0.4, -0.2) is 17.6 Å². The Kier molecular flexibility index (Phi) is 6.95. The van der Waals surface area contributed by atoms with Gasteiger partial charge in [0.15, 0.2) is 5.57 Å². The predicted octanol–water partition coefficient (Wildman–Crippen LogP) is 3.67. The first kappa shape index (κ1) is 23.7. The van der Waals surface area contributed by atoms with Crippen LogP contribution in [0, 0.1) is 25.2 Å². The Balaban J connectivity index is 1.94. The molecule has 1 aromatic heterocycles. The van der Waals surface area contributed by atoms with Crippen molar-refractivity contribution in [2.24, 2.45) is 0 Å². The van der Waals surface area contributed by atoms with Gasteiger partial charge in [-0.2, -0.15) is 5.26 Å². The van der Waals surface area contributed by atoms with Crippen LogP contribution in [0.1, 0.15) is 16.7 Å². The van der Waals surface area contributed by atoms with E-state index in [1.54, 1.807) is 37.5 Å². The molecule has 0 atom stereocenters. The largest absolute Gasteiger partial charge is 0.497 e. The summed E-state index contributed by atoms with van der Waals surface area (Å²) < 4.78 is 7.35. The van der Waals surface area contributed by atoms with Gasteiger partial charge in [0.05, 0.1) is 17.3 Å². The number of benzene rings is 3. The van der Waals surface area contributed by atoms with Crippen LogP contribution in [0.25, 0.3) is 17.3 Å². The van der Waals surface area contributed by atoms with E-state index >= 15 is 0 Å². The molecule has 0 aliphatic carbocycles. The maximum absolute atomic E-state index is 13.5. The normalized spacial score (nSPS) is 12.1. The number of anilines is 1. The third-order valence-electron chi connectivity index (χ3n) is 5.26. The maximum atomic E-state index is 13.5. The number of ether oxygens (including phenoxy) is 1. The minimum atomic E-state index is -0.573. The van der Waals surface area contributed by atoms with Crippen LogP contribution in [0.2, 0.25) is 0 Å². The van der Waals surface area contributed by atoms with E-state index < -0.39 is 5.91 Å². The highest BCUT2D eigenvalue weighted by molar-refractivity contribution is 7.07. The van der Waals surface area contributed by atoms with E-state index in [0.29, 0.717) is 21.7 Å². The summed E-state index contributed by atoms with van der Waals surface area (Å²) in [5, 5.41) is 12.8. The van der Waals surface area contributed by atoms with Crippen LogP contribution in [0.3, 0.4) is 0 Å². The predicted molar refractivity (Wildman–Crippen MR) is 139 cm³/mol. The van der Waals surface area contributed by atoms with Crippen molar-refractivity contribution >= 4 is 34.6 Å². The Bertz CT molecular complexity index is 1610. The zero-order valence-electron chi connectivity index (χ0n) is 19.5. The van der Waals surface area contributed by atoms with Crippen molar-refractivity contribution in [1.82, 2.24) is 4.57 Å². The Morgan fingerprint density at radius 1 is 1.03 bits per heavy atom. The molecule has 174 valence electrons. The molecule has 0 spiro atoms. The molecule has 3 aromatic carbocycles. The molecule has 35 heavy (non-hydrogen) atoms. The number of carbonyl (C=O) groups excluding carboxylic acids is 1. The lowest BCUT2D eigenvalue weighted by atomic mass is 10.1. The van der Waals surface area contributed by atoms with Gasteiger partial charge in [-0.3, -0.25) is 14.2 Å². The standard InChI is InChI=1S/C28H23N3O3S/c1-18-12-19(2)14-21(13-18)30-26(32)24(17-29)28-31(22-9-5-4-6-10-22)27(33)25(35-28)16-20-8-7-11-23(15-20)34-3/h4-16H,1-3H3,(H,30,32). The first-order chi connectivity index (χ1) is 16.9. The van der Waals surface area contributed by atoms with E-state index in [9.17, 15) is 14.9 Å². The number of aryl methyl sites for hydroxylation is 2. The molecule has 6 nitrogen and oxygen atoms in total. The second-order valence-electron chi connectivity index (χ2n) is 7.99. The van der Waals surface area contributed by atoms with Gasteiger partial charge in [0.1, 0.15) is 16.5 Å². The molecule has 1 amide bonds. The molecule has 4 aromatic rings. The highest BCUT2D eigenvalue weighted by Crippen LogP contribution is 2.15. The minimum Gasteiger partial charge on any atom is -0.497 e. The van der Waals surface area contributed by atoms with Crippen LogP contribution in [-0.2, 0) is 4.79 Å². The molecule has 4 rings (SSSR count). The van der Waals surface area contributed by atoms with Gasteiger partial charge in [0.25, 0.3) is 11.5 Å². The quantitative estimate of drug-likeness (QED) is 0.472. The third-order valence-corrected chi connectivity index (χ3v) is 6.35. The summed E-state index contributed by atoms with van der Waals surface area (Å²) >= 11 is 1.10. The molecule has 0 radical (unpaired) electrons. The van der Waals surface area contributed by atoms with Gasteiger partial charge in [-0.25, -0.2) is 0 Å². The van der Waals surface area contributed by atoms with Crippen LogP contribution in [0.4, 0.5) is 5.69 Å². The van der Waals surface area contributed by atoms with E-state index in [1.165, 1.54) is 4.57 Å². The van der Waals surface area contributed by atoms with Gasteiger partial charge >= 0.3 is 0 Å². The molecule has 1 heterocycles. The first-order valence-electron chi connectivity index (χ1n) is 10.9. The monoisotopic (exact) mass is 481 g/mol. The fourth-order valence-corrected chi connectivity index (χ4v) is 4.88. The fraction of sp³-hybridized carbons (Fsp3) is 0.107. The summed E-state index contributed by atoms with van der Waals surface area (Å²) in [6.45, 7) is 3.87. The fourth-order valence-electron chi connectivity index (χ4n) is 3.78. The van der Waals surface area contributed by atoms with Crippen molar-refractivity contribution in [2.45, 2.75) is 13.8 Å². The number of aromatic nitrogens is 1. The number of amides is 1. The number of nitriles is 1. The minimum absolute atomic E-state index is 0.139. The van der Waals surface area contributed by atoms with Gasteiger partial charge in [-0.1, -0.05) is 36.4 Å². The lowest BCUT2D eigenvalue weighted by Gasteiger charge is -2.07. The van der Waals surface area contributed by atoms with E-state index in [0.717, 1.165) is 28.0 Å². The SMILES string of the molecule is COc1cccc(C=c2sc(=C(C#N)C(=O)Nc3cc(C)cc(C)c3)n(-c3ccccc3)c2=O)c1. The smallest absolute Gasteiger partial charge is 0.273 e. The molecule has 0 fully saturated rings. The van der Waals surface area contributed by atoms with Gasteiger partial charge in [0, 0.05) is 5.69 Å². The molecule has 7 heteroatoms. The van der Waals surface area contributed by atoms with Crippen LogP contribution < -0.4 is 24.8 Å². The molecule has 0 saturated heterocycles. The number of para-hydroxylation sites is 1. The number of methoxy groups -OCH3 is 1. The Hall–Kier alpha value is -4.41. The van der Waals surface area contributed by atoms with E-state index in [4.69, 9.17) is 4.74 Å². The van der Waals surface area contributed by atoms with Gasteiger partial charge in [0.2, 0.25) is 0 Å². The average molecular weight is 482 g/mol. The zero-order valence-corrected chi connectivity index (χ0v) is 20.3. The number of nitrogens with one attached hydrogen (secondary N) is 1. The first-order valence-corrected chi connectivity index (χ1v) is 11.7. The summed E-state index contributed by atoms with van der Waals surface area (Å²) in [6, 6.07) is 24.0. The summed E-state index contributed by atoms with van der Waals surface area (Å²) in [7, 11) is 1.58. The number of carbonyl (C=O) groups is 1. The number of hydrogen-bond donors (Lipinski definition) is 1. The number of nitrogens with zero attached hydrogens (tertiary/aromatic N) is 2. The van der Waals surface area contributed by atoms with Gasteiger partial charge in [-0.05, 0) is 73.0 Å². The average Bonchev–Trinajstić information content (AvgIpc) is 3.14. The second-order valence-corrected chi connectivity index (χ2v) is 9.02. The molecule has 0 bridgehead atoms. The molecule has 0 saturated carbocycles. The molecule has 0 unspecified atom stereocenters. The summed E-state index contributed by atoms with van der Waals surface area (Å²) in [5.74, 6) is 0.0902. The summed E-state index contributed by atoms with van der Waals surface area (Å²) in [4.78, 5) is 26.7. The third kappa shape index (κ3) is 5.24. The molecule has 0 aliphatic rings. The van der Waals surface area contributed by atoms with Crippen molar-refractivity contribution in [3.63, 3.8) is 0 Å². The van der Waals surface area contributed by atoms with Crippen LogP contribution >= 0.6 is 11.3 Å². The molecular weight excluding hydrogens is 458 g/mol. The Morgan fingerprint density at radius 3 is 2.40 bits per heavy atom. The van der Waals surface area contributed by atoms with Gasteiger partial charge < -0.3 is 10.1 Å². The highest BCUT2D eigenvalue weighted by Gasteiger charge is 2.17. The zero-order chi connectivity index (χ0) is 24.9. The van der Waals surface area contributed by atoms with Crippen LogP contribution in [0.5, 0.6) is 5.75 Å². The topological polar surface area (TPSA) is 84.1 Å². The lowest BCUT2D eigenvalue weighted by Crippen LogP contribution is -2.32. The Labute approximate surface area is 206 Å². The maximum Gasteiger partial charge on any atom is 0.273 e. The van der Waals surface area contributed by atoms with Crippen LogP contribution in [0.15, 0.2) is 77.6 Å². The molecular formula is C28H23N3O3S. The lowest BCUT2D eigenvalue weighted by molar-refractivity contribution is -0.111. The van der Waals surface area contributed by atoms with Crippen molar-refractivity contribution in [1.29, 1.82) is 5.26 Å². The number of rotatable bonds is 5. The van der Waals surface area contributed by atoms with Gasteiger partial charge in [-0.15, -0.1) is 11.3 Å². The van der Waals surface area contributed by atoms with Crippen molar-refractivity contribution in [2.75, 3.05) is 12.4 Å². The molecule has 1 N–H and O–H groups in total. The summed E-state index contributed by atoms with van der Waals surface area (Å²) in [5.41, 5.74) is 3.46. The number of thiazole rings is 1. The van der Waals surface area contributed by atoms with Crippen molar-refractivity contribution in [3.05, 3.63) is 109 Å². The van der Waals surface area contributed by atoms with Crippen molar-refractivity contribution in [3.8, 4) is 17.5 Å². The molecule has 0 aliphatic heterocycles. The highest BCUT2D eigenvalue weighted by atomic mass is 32.1. The van der Waals surface area contributed by atoms with E-state index in [1.807, 2.05) is 68.4 Å². The van der Waals surface area contributed by atoms with E-state index in [-0.39, 0.29) is 15.8 Å². The number of hydrogen-bond acceptors (Lipinski definition) is 5. The van der Waals surface area contributed by atoms with Crippen molar-refractivity contribution < 1.29 is 9.53 Å².